The molecule has 100 valence electrons. The zero-order valence-corrected chi connectivity index (χ0v) is 11.3. The van der Waals surface area contributed by atoms with Gasteiger partial charge in [0.15, 0.2) is 0 Å². The fourth-order valence-electron chi connectivity index (χ4n) is 1.18. The summed E-state index contributed by atoms with van der Waals surface area (Å²) in [7, 11) is 0. The van der Waals surface area contributed by atoms with E-state index in [-0.39, 0.29) is 27.6 Å². The maximum atomic E-state index is 12.9. The summed E-state index contributed by atoms with van der Waals surface area (Å²) < 4.78 is 22.9. The maximum absolute atomic E-state index is 12.9. The van der Waals surface area contributed by atoms with Crippen LogP contribution in [-0.4, -0.2) is 22.8 Å². The Morgan fingerprint density at radius 3 is 2.95 bits per heavy atom. The Morgan fingerprint density at radius 1 is 1.47 bits per heavy atom. The van der Waals surface area contributed by atoms with E-state index in [9.17, 15) is 9.18 Å². The second-order valence-electron chi connectivity index (χ2n) is 3.27. The van der Waals surface area contributed by atoms with Crippen molar-refractivity contribution in [2.24, 2.45) is 0 Å². The van der Waals surface area contributed by atoms with E-state index in [1.54, 1.807) is 6.92 Å². The van der Waals surface area contributed by atoms with E-state index in [0.29, 0.717) is 0 Å². The van der Waals surface area contributed by atoms with E-state index in [1.165, 1.54) is 12.1 Å². The molecule has 1 heterocycles. The highest BCUT2D eigenvalue weighted by Gasteiger charge is 2.15. The van der Waals surface area contributed by atoms with Crippen molar-refractivity contribution in [1.82, 2.24) is 10.2 Å². The van der Waals surface area contributed by atoms with Crippen LogP contribution in [0.15, 0.2) is 18.2 Å². The lowest BCUT2D eigenvalue weighted by molar-refractivity contribution is 0.0525. The molecule has 0 aliphatic rings. The zero-order chi connectivity index (χ0) is 13.8. The molecule has 0 fully saturated rings. The summed E-state index contributed by atoms with van der Waals surface area (Å²) in [4.78, 5) is 11.4. The van der Waals surface area contributed by atoms with Crippen LogP contribution in [0, 0.1) is 5.82 Å². The molecule has 8 heteroatoms. The van der Waals surface area contributed by atoms with Crippen LogP contribution in [0.25, 0.3) is 0 Å². The fourth-order valence-corrected chi connectivity index (χ4v) is 1.99. The summed E-state index contributed by atoms with van der Waals surface area (Å²) in [6.07, 6.45) is 0. The second-order valence-corrected chi connectivity index (χ2v) is 4.62. The third-order valence-electron chi connectivity index (χ3n) is 1.95. The van der Waals surface area contributed by atoms with Gasteiger partial charge in [0.05, 0.1) is 11.6 Å². The van der Waals surface area contributed by atoms with Crippen LogP contribution >= 0.6 is 22.9 Å². The minimum Gasteiger partial charge on any atom is -0.461 e. The van der Waals surface area contributed by atoms with Crippen molar-refractivity contribution in [3.8, 4) is 10.9 Å². The predicted molar refractivity (Wildman–Crippen MR) is 67.3 cm³/mol. The zero-order valence-electron chi connectivity index (χ0n) is 9.72. The molecule has 0 aliphatic carbocycles. The topological polar surface area (TPSA) is 61.3 Å². The van der Waals surface area contributed by atoms with Gasteiger partial charge < -0.3 is 9.47 Å². The number of halogens is 2. The number of esters is 1. The van der Waals surface area contributed by atoms with Gasteiger partial charge in [0.25, 0.3) is 5.19 Å². The molecule has 0 amide bonds. The van der Waals surface area contributed by atoms with E-state index in [4.69, 9.17) is 21.1 Å². The van der Waals surface area contributed by atoms with E-state index >= 15 is 0 Å². The van der Waals surface area contributed by atoms with Crippen molar-refractivity contribution in [2.75, 3.05) is 6.61 Å². The first-order valence-corrected chi connectivity index (χ1v) is 6.43. The molecular formula is C11H8ClFN2O3S. The number of carbonyl (C=O) groups is 1. The SMILES string of the molecule is CCOC(=O)c1nnc(Oc2ccc(F)cc2Cl)s1. The number of ether oxygens (including phenoxy) is 2. The molecule has 0 bridgehead atoms. The number of aromatic nitrogens is 2. The van der Waals surface area contributed by atoms with Gasteiger partial charge in [-0.2, -0.15) is 0 Å². The van der Waals surface area contributed by atoms with Crippen molar-refractivity contribution in [3.05, 3.63) is 34.0 Å². The third kappa shape index (κ3) is 3.39. The summed E-state index contributed by atoms with van der Waals surface area (Å²) in [5, 5.41) is 7.61. The van der Waals surface area contributed by atoms with Gasteiger partial charge in [-0.1, -0.05) is 16.7 Å². The van der Waals surface area contributed by atoms with Crippen molar-refractivity contribution >= 4 is 28.9 Å². The van der Waals surface area contributed by atoms with Crippen LogP contribution in [0.3, 0.4) is 0 Å². The third-order valence-corrected chi connectivity index (χ3v) is 3.02. The van der Waals surface area contributed by atoms with Gasteiger partial charge in [0.1, 0.15) is 11.6 Å². The Labute approximate surface area is 116 Å². The second kappa shape index (κ2) is 5.94. The molecule has 0 saturated carbocycles. The first-order valence-electron chi connectivity index (χ1n) is 5.23. The van der Waals surface area contributed by atoms with Gasteiger partial charge in [-0.15, -0.1) is 5.10 Å². The number of rotatable bonds is 4. The summed E-state index contributed by atoms with van der Waals surface area (Å²) in [6.45, 7) is 1.94. The largest absolute Gasteiger partial charge is 0.461 e. The fraction of sp³-hybridized carbons (Fsp3) is 0.182. The smallest absolute Gasteiger partial charge is 0.369 e. The highest BCUT2D eigenvalue weighted by molar-refractivity contribution is 7.14. The summed E-state index contributed by atoms with van der Waals surface area (Å²) >= 11 is 6.72. The minimum atomic E-state index is -0.569. The monoisotopic (exact) mass is 302 g/mol. The molecule has 0 unspecified atom stereocenters. The highest BCUT2D eigenvalue weighted by Crippen LogP contribution is 2.31. The molecule has 1 aromatic heterocycles. The van der Waals surface area contributed by atoms with Crippen LogP contribution < -0.4 is 4.74 Å². The Hall–Kier alpha value is -1.73. The van der Waals surface area contributed by atoms with Gasteiger partial charge in [0, 0.05) is 0 Å². The number of benzene rings is 1. The van der Waals surface area contributed by atoms with Gasteiger partial charge in [-0.3, -0.25) is 0 Å². The predicted octanol–water partition coefficient (Wildman–Crippen LogP) is 3.30. The first-order chi connectivity index (χ1) is 9.10. The molecular weight excluding hydrogens is 295 g/mol. The molecule has 0 atom stereocenters. The van der Waals surface area contributed by atoms with Crippen LogP contribution in [0.5, 0.6) is 10.9 Å². The van der Waals surface area contributed by atoms with E-state index in [2.05, 4.69) is 10.2 Å². The van der Waals surface area contributed by atoms with Gasteiger partial charge in [-0.25, -0.2) is 9.18 Å². The minimum absolute atomic E-state index is 0.0788. The lowest BCUT2D eigenvalue weighted by Gasteiger charge is -2.02. The highest BCUT2D eigenvalue weighted by atomic mass is 35.5. The van der Waals surface area contributed by atoms with Crippen LogP contribution in [0.4, 0.5) is 4.39 Å². The number of hydrogen-bond donors (Lipinski definition) is 0. The van der Waals surface area contributed by atoms with E-state index < -0.39 is 11.8 Å². The normalized spacial score (nSPS) is 10.3. The van der Waals surface area contributed by atoms with Crippen LogP contribution in [-0.2, 0) is 4.74 Å². The number of nitrogens with zero attached hydrogens (tertiary/aromatic N) is 2. The van der Waals surface area contributed by atoms with Gasteiger partial charge in [0.2, 0.25) is 5.01 Å². The summed E-state index contributed by atoms with van der Waals surface area (Å²) in [5.74, 6) is -0.809. The molecule has 0 spiro atoms. The van der Waals surface area contributed by atoms with Crippen molar-refractivity contribution in [2.45, 2.75) is 6.92 Å². The van der Waals surface area contributed by atoms with Crippen molar-refractivity contribution in [3.63, 3.8) is 0 Å². The molecule has 2 aromatic rings. The molecule has 2 rings (SSSR count). The average molecular weight is 303 g/mol. The molecule has 0 N–H and O–H groups in total. The van der Waals surface area contributed by atoms with Gasteiger partial charge in [-0.05, 0) is 36.5 Å². The van der Waals surface area contributed by atoms with Crippen LogP contribution in [0.2, 0.25) is 5.02 Å². The van der Waals surface area contributed by atoms with Gasteiger partial charge >= 0.3 is 5.97 Å². The maximum Gasteiger partial charge on any atom is 0.369 e. The molecule has 1 aromatic carbocycles. The molecule has 0 aliphatic heterocycles. The first kappa shape index (κ1) is 13.7. The molecule has 5 nitrogen and oxygen atoms in total. The molecule has 0 radical (unpaired) electrons. The Morgan fingerprint density at radius 2 is 2.26 bits per heavy atom. The summed E-state index contributed by atoms with van der Waals surface area (Å²) in [5.41, 5.74) is 0. The van der Waals surface area contributed by atoms with Crippen molar-refractivity contribution < 1.29 is 18.7 Å². The number of carbonyl (C=O) groups excluding carboxylic acids is 1. The Kier molecular flexibility index (Phi) is 4.28. The quantitative estimate of drug-likeness (QED) is 0.811. The van der Waals surface area contributed by atoms with E-state index in [0.717, 1.165) is 17.4 Å². The standard InChI is InChI=1S/C11H8ClFN2O3S/c1-2-17-10(16)9-14-15-11(19-9)18-8-4-3-6(13)5-7(8)12/h3-5H,2H2,1H3. The van der Waals surface area contributed by atoms with E-state index in [1.807, 2.05) is 0 Å². The Bertz CT molecular complexity index is 605. The summed E-state index contributed by atoms with van der Waals surface area (Å²) in [6, 6.07) is 3.68. The number of hydrogen-bond acceptors (Lipinski definition) is 6. The Balaban J connectivity index is 2.13. The average Bonchev–Trinajstić information content (AvgIpc) is 2.82. The molecule has 0 saturated heterocycles. The van der Waals surface area contributed by atoms with Crippen molar-refractivity contribution in [1.29, 1.82) is 0 Å². The molecule has 19 heavy (non-hydrogen) atoms. The van der Waals surface area contributed by atoms with Crippen LogP contribution in [0.1, 0.15) is 16.7 Å². The lowest BCUT2D eigenvalue weighted by Crippen LogP contribution is -2.03. The lowest BCUT2D eigenvalue weighted by atomic mass is 10.3.